The molecule has 264 valence electrons. The first-order valence-electron chi connectivity index (χ1n) is 16.8. The van der Waals surface area contributed by atoms with E-state index in [0.29, 0.717) is 5.52 Å². The van der Waals surface area contributed by atoms with Crippen molar-refractivity contribution in [2.75, 3.05) is 6.54 Å². The first kappa shape index (κ1) is 38.6. The zero-order chi connectivity index (χ0) is 36.1. The molecule has 0 unspecified atom stereocenters. The van der Waals surface area contributed by atoms with Gasteiger partial charge in [-0.15, -0.1) is 0 Å². The third-order valence-corrected chi connectivity index (χ3v) is 8.54. The molecule has 2 aromatic carbocycles. The monoisotopic (exact) mass is 674 g/mol. The molecule has 5 amide bonds. The molecule has 12 nitrogen and oxygen atoms in total. The van der Waals surface area contributed by atoms with E-state index in [9.17, 15) is 29.1 Å². The maximum Gasteiger partial charge on any atom is 0.270 e. The summed E-state index contributed by atoms with van der Waals surface area (Å²) >= 11 is 0. The van der Waals surface area contributed by atoms with Crippen LogP contribution in [0.3, 0.4) is 0 Å². The van der Waals surface area contributed by atoms with Crippen LogP contribution in [0.25, 0.3) is 10.9 Å². The predicted molar refractivity (Wildman–Crippen MR) is 188 cm³/mol. The van der Waals surface area contributed by atoms with Crippen LogP contribution in [0.1, 0.15) is 76.4 Å². The number of benzene rings is 2. The lowest BCUT2D eigenvalue weighted by atomic mass is 9.78. The maximum absolute atomic E-state index is 13.6. The number of rotatable bonds is 17. The Bertz CT molecular complexity index is 1590. The third-order valence-electron chi connectivity index (χ3n) is 8.54. The summed E-state index contributed by atoms with van der Waals surface area (Å²) < 4.78 is 0. The lowest BCUT2D eigenvalue weighted by molar-refractivity contribution is -0.134. The first-order valence-corrected chi connectivity index (χ1v) is 16.8. The fourth-order valence-corrected chi connectivity index (χ4v) is 5.50. The van der Waals surface area contributed by atoms with E-state index in [2.05, 4.69) is 26.3 Å². The van der Waals surface area contributed by atoms with Crippen LogP contribution < -0.4 is 27.0 Å². The number of amides is 5. The predicted octanol–water partition coefficient (Wildman–Crippen LogP) is 2.77. The summed E-state index contributed by atoms with van der Waals surface area (Å²) in [5.74, 6) is -3.56. The number of nitrogens with two attached hydrogens (primary N) is 1. The molecule has 0 fully saturated rings. The summed E-state index contributed by atoms with van der Waals surface area (Å²) in [5.41, 5.74) is 6.31. The highest BCUT2D eigenvalue weighted by atomic mass is 16.3. The van der Waals surface area contributed by atoms with Crippen molar-refractivity contribution in [2.24, 2.45) is 17.1 Å². The van der Waals surface area contributed by atoms with Gasteiger partial charge in [-0.2, -0.15) is 0 Å². The molecule has 0 aliphatic rings. The fraction of sp³-hybridized carbons (Fsp3) is 0.459. The van der Waals surface area contributed by atoms with Gasteiger partial charge in [0.25, 0.3) is 5.91 Å². The van der Waals surface area contributed by atoms with Crippen molar-refractivity contribution in [1.29, 1.82) is 0 Å². The molecular weight excluding hydrogens is 624 g/mol. The van der Waals surface area contributed by atoms with Gasteiger partial charge in [-0.25, -0.2) is 4.98 Å². The van der Waals surface area contributed by atoms with Crippen molar-refractivity contribution in [3.63, 3.8) is 0 Å². The van der Waals surface area contributed by atoms with Crippen LogP contribution in [-0.4, -0.2) is 70.4 Å². The van der Waals surface area contributed by atoms with Gasteiger partial charge in [0.05, 0.1) is 30.0 Å². The molecule has 0 bridgehead atoms. The Hall–Kier alpha value is -4.84. The summed E-state index contributed by atoms with van der Waals surface area (Å²) in [4.78, 5) is 69.3. The number of carbonyl (C=O) groups is 5. The third kappa shape index (κ3) is 12.0. The maximum atomic E-state index is 13.6. The lowest BCUT2D eigenvalue weighted by Gasteiger charge is -2.31. The Morgan fingerprint density at radius 1 is 0.816 bits per heavy atom. The van der Waals surface area contributed by atoms with Crippen LogP contribution in [0, 0.1) is 11.3 Å². The van der Waals surface area contributed by atoms with Gasteiger partial charge >= 0.3 is 0 Å². The molecule has 0 aliphatic carbocycles. The first-order chi connectivity index (χ1) is 23.2. The molecule has 1 heterocycles. The number of primary amides is 1. The zero-order valence-corrected chi connectivity index (χ0v) is 29.0. The molecular formula is C37H50N6O6. The Kier molecular flexibility index (Phi) is 14.2. The minimum Gasteiger partial charge on any atom is -0.389 e. The van der Waals surface area contributed by atoms with E-state index in [1.165, 1.54) is 6.07 Å². The van der Waals surface area contributed by atoms with Crippen LogP contribution in [0.5, 0.6) is 0 Å². The smallest absolute Gasteiger partial charge is 0.270 e. The van der Waals surface area contributed by atoms with Gasteiger partial charge in [-0.1, -0.05) is 89.2 Å². The SMILES string of the molecule is CCC(CC)NC(=O)C[C@@H](C(=O)NC[C@@H](O)[C@H](Cc1ccccc1)NC(=O)[C@H](CC(N)=O)NC(=O)c1ccc2ccccc2n1)C(C)(C)C. The zero-order valence-electron chi connectivity index (χ0n) is 29.0. The van der Waals surface area contributed by atoms with Crippen molar-refractivity contribution in [2.45, 2.75) is 91.0 Å². The number of pyridine rings is 1. The van der Waals surface area contributed by atoms with Crippen LogP contribution in [0.4, 0.5) is 0 Å². The van der Waals surface area contributed by atoms with Gasteiger partial charge in [0, 0.05) is 24.4 Å². The van der Waals surface area contributed by atoms with E-state index in [1.54, 1.807) is 18.2 Å². The highest BCUT2D eigenvalue weighted by Gasteiger charge is 2.35. The number of aliphatic hydroxyl groups excluding tert-OH is 1. The van der Waals surface area contributed by atoms with Gasteiger partial charge in [0.2, 0.25) is 23.6 Å². The Morgan fingerprint density at radius 2 is 1.47 bits per heavy atom. The van der Waals surface area contributed by atoms with Crippen molar-refractivity contribution in [1.82, 2.24) is 26.3 Å². The minimum atomic E-state index is -1.36. The van der Waals surface area contributed by atoms with Gasteiger partial charge in [-0.05, 0) is 42.4 Å². The molecule has 12 heteroatoms. The van der Waals surface area contributed by atoms with E-state index in [0.717, 1.165) is 23.8 Å². The molecule has 0 aliphatic heterocycles. The minimum absolute atomic E-state index is 0.0207. The van der Waals surface area contributed by atoms with Gasteiger partial charge in [0.15, 0.2) is 0 Å². The van der Waals surface area contributed by atoms with E-state index in [4.69, 9.17) is 5.73 Å². The van der Waals surface area contributed by atoms with Crippen LogP contribution in [0.15, 0.2) is 66.7 Å². The summed E-state index contributed by atoms with van der Waals surface area (Å²) in [7, 11) is 0. The number of carbonyl (C=O) groups excluding carboxylic acids is 5. The largest absolute Gasteiger partial charge is 0.389 e. The number of nitrogens with one attached hydrogen (secondary N) is 4. The fourth-order valence-electron chi connectivity index (χ4n) is 5.50. The number of aliphatic hydroxyl groups is 1. The van der Waals surface area contributed by atoms with E-state index in [1.807, 2.05) is 77.1 Å². The summed E-state index contributed by atoms with van der Waals surface area (Å²) in [6, 6.07) is 17.3. The lowest BCUT2D eigenvalue weighted by Crippen LogP contribution is -2.56. The molecule has 1 aromatic heterocycles. The second-order valence-electron chi connectivity index (χ2n) is 13.4. The average molecular weight is 675 g/mol. The van der Waals surface area contributed by atoms with Gasteiger partial charge in [0.1, 0.15) is 11.7 Å². The van der Waals surface area contributed by atoms with Gasteiger partial charge in [-0.3, -0.25) is 24.0 Å². The normalized spacial score (nSPS) is 13.9. The van der Waals surface area contributed by atoms with Crippen molar-refractivity contribution >= 4 is 40.4 Å². The molecule has 0 spiro atoms. The summed E-state index contributed by atoms with van der Waals surface area (Å²) in [6.45, 7) is 9.36. The van der Waals surface area contributed by atoms with Crippen molar-refractivity contribution < 1.29 is 29.1 Å². The summed E-state index contributed by atoms with van der Waals surface area (Å²) in [5, 5.41) is 23.2. The van der Waals surface area contributed by atoms with Gasteiger partial charge < -0.3 is 32.1 Å². The van der Waals surface area contributed by atoms with E-state index >= 15 is 0 Å². The average Bonchev–Trinajstić information content (AvgIpc) is 3.07. The molecule has 49 heavy (non-hydrogen) atoms. The number of fused-ring (bicyclic) bond motifs is 1. The summed E-state index contributed by atoms with van der Waals surface area (Å²) in [6.07, 6.45) is -0.0683. The molecule has 3 aromatic rings. The Morgan fingerprint density at radius 3 is 2.10 bits per heavy atom. The second kappa shape index (κ2) is 18.1. The van der Waals surface area contributed by atoms with Crippen LogP contribution in [0.2, 0.25) is 0 Å². The highest BCUT2D eigenvalue weighted by Crippen LogP contribution is 2.29. The van der Waals surface area contributed by atoms with Crippen molar-refractivity contribution in [3.05, 3.63) is 78.0 Å². The Labute approximate surface area is 288 Å². The molecule has 7 N–H and O–H groups in total. The number of hydrogen-bond donors (Lipinski definition) is 6. The number of aromatic nitrogens is 1. The molecule has 0 saturated carbocycles. The molecule has 0 radical (unpaired) electrons. The molecule has 3 rings (SSSR count). The number of para-hydroxylation sites is 1. The van der Waals surface area contributed by atoms with E-state index in [-0.39, 0.29) is 37.0 Å². The standard InChI is InChI=1S/C37H50N6O6/c1-6-25(7-2)40-33(46)20-26(37(3,4)5)34(47)39-22-31(44)29(19-23-13-9-8-10-14-23)42-36(49)30(21-32(38)45)43-35(48)28-18-17-24-15-11-12-16-27(24)41-28/h8-18,25-26,29-31,44H,6-7,19-22H2,1-5H3,(H2,38,45)(H,39,47)(H,40,46)(H,42,49)(H,43,48)/t26-,29-,30-,31+/m0/s1. The topological polar surface area (TPSA) is 193 Å². The molecule has 0 saturated heterocycles. The second-order valence-corrected chi connectivity index (χ2v) is 13.4. The Balaban J connectivity index is 1.76. The number of hydrogen-bond acceptors (Lipinski definition) is 7. The van der Waals surface area contributed by atoms with Crippen LogP contribution >= 0.6 is 0 Å². The van der Waals surface area contributed by atoms with E-state index < -0.39 is 59.6 Å². The highest BCUT2D eigenvalue weighted by molar-refractivity contribution is 5.99. The van der Waals surface area contributed by atoms with Crippen molar-refractivity contribution in [3.8, 4) is 0 Å². The number of nitrogens with zero attached hydrogens (tertiary/aromatic N) is 1. The quantitative estimate of drug-likeness (QED) is 0.127. The molecule has 4 atom stereocenters. The van der Waals surface area contributed by atoms with Crippen LogP contribution in [-0.2, 0) is 25.6 Å².